The highest BCUT2D eigenvalue weighted by atomic mass is 127. The van der Waals surface area contributed by atoms with Crippen molar-refractivity contribution in [3.05, 3.63) is 0 Å². The monoisotopic (exact) mass is 466 g/mol. The van der Waals surface area contributed by atoms with Crippen molar-refractivity contribution >= 4 is 44.6 Å². The van der Waals surface area contributed by atoms with Gasteiger partial charge >= 0.3 is 11.9 Å². The highest BCUT2D eigenvalue weighted by Gasteiger charge is 2.51. The first kappa shape index (κ1) is 20.5. The SMILES string of the molecule is COC1OC(CI)C(OC(C)=O)C(OC(C)=O)C1OS(C)(=O)=O. The molecule has 1 fully saturated rings. The van der Waals surface area contributed by atoms with E-state index in [1.165, 1.54) is 14.0 Å². The Hall–Kier alpha value is -0.500. The molecular formula is C12H19IO9S. The van der Waals surface area contributed by atoms with Gasteiger partial charge in [-0.1, -0.05) is 22.6 Å². The van der Waals surface area contributed by atoms with Crippen LogP contribution in [0, 0.1) is 0 Å². The molecule has 1 rings (SSSR count). The Balaban J connectivity index is 3.23. The molecule has 5 atom stereocenters. The summed E-state index contributed by atoms with van der Waals surface area (Å²) in [6.45, 7) is 2.34. The molecule has 1 aliphatic heterocycles. The number of carbonyl (C=O) groups excluding carboxylic acids is 2. The molecule has 11 heteroatoms. The van der Waals surface area contributed by atoms with Gasteiger partial charge in [0.25, 0.3) is 10.1 Å². The Morgan fingerprint density at radius 2 is 1.61 bits per heavy atom. The van der Waals surface area contributed by atoms with E-state index < -0.39 is 52.8 Å². The number of alkyl halides is 1. The normalized spacial score (nSPS) is 31.4. The van der Waals surface area contributed by atoms with Gasteiger partial charge in [-0.2, -0.15) is 8.42 Å². The van der Waals surface area contributed by atoms with Crippen LogP contribution >= 0.6 is 22.6 Å². The van der Waals surface area contributed by atoms with Crippen LogP contribution in [0.5, 0.6) is 0 Å². The van der Waals surface area contributed by atoms with Crippen molar-refractivity contribution in [2.75, 3.05) is 17.8 Å². The standard InChI is InChI=1S/C12H19IO9S/c1-6(14)19-9-8(5-13)21-12(18-3)11(22-23(4,16)17)10(9)20-7(2)15/h8-12H,5H2,1-4H3. The van der Waals surface area contributed by atoms with E-state index in [2.05, 4.69) is 0 Å². The van der Waals surface area contributed by atoms with Gasteiger partial charge < -0.3 is 18.9 Å². The lowest BCUT2D eigenvalue weighted by atomic mass is 9.99. The van der Waals surface area contributed by atoms with Crippen molar-refractivity contribution in [3.8, 4) is 0 Å². The van der Waals surface area contributed by atoms with E-state index in [1.807, 2.05) is 22.6 Å². The quantitative estimate of drug-likeness (QED) is 0.231. The second kappa shape index (κ2) is 8.55. The lowest BCUT2D eigenvalue weighted by molar-refractivity contribution is -0.283. The Morgan fingerprint density at radius 1 is 1.09 bits per heavy atom. The van der Waals surface area contributed by atoms with Crippen molar-refractivity contribution in [2.45, 2.75) is 44.6 Å². The molecule has 0 saturated carbocycles. The van der Waals surface area contributed by atoms with Gasteiger partial charge in [0.2, 0.25) is 0 Å². The summed E-state index contributed by atoms with van der Waals surface area (Å²) in [5.74, 6) is -1.31. The summed E-state index contributed by atoms with van der Waals surface area (Å²) in [5.41, 5.74) is 0. The summed E-state index contributed by atoms with van der Waals surface area (Å²) in [6, 6.07) is 0. The number of methoxy groups -OCH3 is 1. The van der Waals surface area contributed by atoms with Gasteiger partial charge in [-0.25, -0.2) is 0 Å². The highest BCUT2D eigenvalue weighted by Crippen LogP contribution is 2.30. The molecule has 0 amide bonds. The summed E-state index contributed by atoms with van der Waals surface area (Å²) in [4.78, 5) is 22.7. The number of carbonyl (C=O) groups is 2. The van der Waals surface area contributed by atoms with E-state index in [0.717, 1.165) is 13.2 Å². The lowest BCUT2D eigenvalue weighted by Crippen LogP contribution is -2.62. The molecule has 134 valence electrons. The molecule has 1 aliphatic rings. The minimum atomic E-state index is -3.91. The maximum Gasteiger partial charge on any atom is 0.303 e. The Morgan fingerprint density at radius 3 is 2.00 bits per heavy atom. The predicted molar refractivity (Wildman–Crippen MR) is 85.4 cm³/mol. The van der Waals surface area contributed by atoms with Gasteiger partial charge in [-0.3, -0.25) is 13.8 Å². The van der Waals surface area contributed by atoms with Gasteiger partial charge in [-0.05, 0) is 0 Å². The molecule has 9 nitrogen and oxygen atoms in total. The van der Waals surface area contributed by atoms with Gasteiger partial charge in [-0.15, -0.1) is 0 Å². The molecule has 0 aliphatic carbocycles. The topological polar surface area (TPSA) is 114 Å². The minimum absolute atomic E-state index is 0.388. The lowest BCUT2D eigenvalue weighted by Gasteiger charge is -2.43. The van der Waals surface area contributed by atoms with E-state index in [1.54, 1.807) is 0 Å². The van der Waals surface area contributed by atoms with Crippen molar-refractivity contribution in [1.82, 2.24) is 0 Å². The zero-order chi connectivity index (χ0) is 17.8. The van der Waals surface area contributed by atoms with Gasteiger partial charge in [0.05, 0.1) is 6.26 Å². The third-order valence-corrected chi connectivity index (χ3v) is 4.31. The second-order valence-corrected chi connectivity index (χ2v) is 7.33. The zero-order valence-corrected chi connectivity index (χ0v) is 16.0. The molecule has 0 aromatic carbocycles. The fourth-order valence-corrected chi connectivity index (χ4v) is 3.47. The summed E-state index contributed by atoms with van der Waals surface area (Å²) >= 11 is 2.00. The molecule has 0 aromatic heterocycles. The van der Waals surface area contributed by atoms with E-state index >= 15 is 0 Å². The van der Waals surface area contributed by atoms with Crippen molar-refractivity contribution in [1.29, 1.82) is 0 Å². The van der Waals surface area contributed by atoms with Crippen molar-refractivity contribution in [3.63, 3.8) is 0 Å². The zero-order valence-electron chi connectivity index (χ0n) is 13.1. The van der Waals surface area contributed by atoms with Crippen LogP contribution in [-0.4, -0.2) is 68.9 Å². The van der Waals surface area contributed by atoms with Crippen LogP contribution in [0.2, 0.25) is 0 Å². The summed E-state index contributed by atoms with van der Waals surface area (Å²) in [7, 11) is -2.61. The number of ether oxygens (including phenoxy) is 4. The van der Waals surface area contributed by atoms with E-state index in [9.17, 15) is 18.0 Å². The Labute approximate surface area is 148 Å². The van der Waals surface area contributed by atoms with Crippen LogP contribution in [0.3, 0.4) is 0 Å². The second-order valence-electron chi connectivity index (χ2n) is 4.85. The smallest absolute Gasteiger partial charge is 0.303 e. The molecule has 0 bridgehead atoms. The van der Waals surface area contributed by atoms with Crippen LogP contribution in [0.25, 0.3) is 0 Å². The maximum absolute atomic E-state index is 11.5. The van der Waals surface area contributed by atoms with Crippen LogP contribution in [0.15, 0.2) is 0 Å². The fourth-order valence-electron chi connectivity index (χ4n) is 2.16. The summed E-state index contributed by atoms with van der Waals surface area (Å²) in [6.07, 6.45) is -4.44. The summed E-state index contributed by atoms with van der Waals surface area (Å²) in [5, 5.41) is 0. The average molecular weight is 466 g/mol. The molecular weight excluding hydrogens is 447 g/mol. The van der Waals surface area contributed by atoms with E-state index in [0.29, 0.717) is 4.43 Å². The van der Waals surface area contributed by atoms with Crippen LogP contribution < -0.4 is 0 Å². The van der Waals surface area contributed by atoms with Crippen LogP contribution in [0.4, 0.5) is 0 Å². The Kier molecular flexibility index (Phi) is 7.64. The molecule has 0 aromatic rings. The molecule has 1 saturated heterocycles. The van der Waals surface area contributed by atoms with E-state index in [4.69, 9.17) is 23.1 Å². The van der Waals surface area contributed by atoms with Crippen molar-refractivity contribution < 1.29 is 41.1 Å². The molecule has 5 unspecified atom stereocenters. The van der Waals surface area contributed by atoms with Gasteiger partial charge in [0.15, 0.2) is 24.6 Å². The maximum atomic E-state index is 11.5. The van der Waals surface area contributed by atoms with Gasteiger partial charge in [0.1, 0.15) is 6.10 Å². The van der Waals surface area contributed by atoms with Crippen molar-refractivity contribution in [2.24, 2.45) is 0 Å². The number of esters is 2. The van der Waals surface area contributed by atoms with Gasteiger partial charge in [0, 0.05) is 25.4 Å². The van der Waals surface area contributed by atoms with Crippen LogP contribution in [0.1, 0.15) is 13.8 Å². The molecule has 0 spiro atoms. The predicted octanol–water partition coefficient (Wildman–Crippen LogP) is 0.000900. The van der Waals surface area contributed by atoms with Crippen LogP contribution in [-0.2, 0) is 42.8 Å². The number of halogens is 1. The summed E-state index contributed by atoms with van der Waals surface area (Å²) < 4.78 is 49.3. The molecule has 0 radical (unpaired) electrons. The number of hydrogen-bond acceptors (Lipinski definition) is 9. The molecule has 1 heterocycles. The third-order valence-electron chi connectivity index (χ3n) is 2.87. The molecule has 23 heavy (non-hydrogen) atoms. The number of hydrogen-bond donors (Lipinski definition) is 0. The van der Waals surface area contributed by atoms with E-state index in [-0.39, 0.29) is 0 Å². The first-order valence-electron chi connectivity index (χ1n) is 6.56. The largest absolute Gasteiger partial charge is 0.456 e. The Bertz CT molecular complexity index is 535. The highest BCUT2D eigenvalue weighted by molar-refractivity contribution is 14.1. The fraction of sp³-hybridized carbons (Fsp3) is 0.833. The minimum Gasteiger partial charge on any atom is -0.456 e. The third kappa shape index (κ3) is 6.14. The average Bonchev–Trinajstić information content (AvgIpc) is 2.40. The first-order valence-corrected chi connectivity index (χ1v) is 9.90. The molecule has 0 N–H and O–H groups in total. The number of rotatable bonds is 6. The first-order chi connectivity index (χ1) is 10.6.